The van der Waals surface area contributed by atoms with Gasteiger partial charge >= 0.3 is 0 Å². The van der Waals surface area contributed by atoms with Gasteiger partial charge in [0.05, 0.1) is 17.7 Å². The summed E-state index contributed by atoms with van der Waals surface area (Å²) in [5.74, 6) is 1.47. The molecule has 0 saturated carbocycles. The highest BCUT2D eigenvalue weighted by Gasteiger charge is 2.28. The lowest BCUT2D eigenvalue weighted by Crippen LogP contribution is -2.36. The Bertz CT molecular complexity index is 1680. The first-order valence-corrected chi connectivity index (χ1v) is 14.6. The van der Waals surface area contributed by atoms with Crippen molar-refractivity contribution in [3.8, 4) is 5.69 Å². The molecular weight excluding hydrogens is 538 g/mol. The van der Waals surface area contributed by atoms with Crippen LogP contribution in [0.2, 0.25) is 0 Å². The van der Waals surface area contributed by atoms with Gasteiger partial charge in [0, 0.05) is 46.2 Å². The SMILES string of the molecule is CCCCc1nc(C)c(CC=O)c(=O)n1Cc1cn(-c2ccccc2SN(O)C2NOC(C)=C2C)c2ccccc12. The van der Waals surface area contributed by atoms with E-state index in [-0.39, 0.29) is 12.0 Å². The molecule has 1 aliphatic rings. The zero-order chi connectivity index (χ0) is 29.1. The van der Waals surface area contributed by atoms with Gasteiger partial charge in [-0.15, -0.1) is 9.95 Å². The number of carbonyl (C=O) groups excluding carboxylic acids is 1. The number of hydroxylamine groups is 2. The van der Waals surface area contributed by atoms with E-state index in [1.807, 2.05) is 62.5 Å². The molecule has 0 spiro atoms. The molecular formula is C31H35N5O4S. The summed E-state index contributed by atoms with van der Waals surface area (Å²) < 4.78 is 4.98. The Hall–Kier alpha value is -3.70. The number of unbranched alkanes of at least 4 members (excludes halogenated alkanes) is 1. The van der Waals surface area contributed by atoms with E-state index in [0.717, 1.165) is 67.8 Å². The van der Waals surface area contributed by atoms with Gasteiger partial charge in [-0.3, -0.25) is 9.36 Å². The maximum Gasteiger partial charge on any atom is 0.257 e. The zero-order valence-electron chi connectivity index (χ0n) is 23.8. The Labute approximate surface area is 243 Å². The first-order chi connectivity index (χ1) is 19.8. The summed E-state index contributed by atoms with van der Waals surface area (Å²) in [6.07, 6.45) is 4.96. The molecule has 1 unspecified atom stereocenters. The number of allylic oxidation sites excluding steroid dienone is 1. The molecule has 1 atom stereocenters. The Morgan fingerprint density at radius 1 is 1.15 bits per heavy atom. The quantitative estimate of drug-likeness (QED) is 0.138. The third kappa shape index (κ3) is 5.73. The third-order valence-corrected chi connectivity index (χ3v) is 8.48. The van der Waals surface area contributed by atoms with Gasteiger partial charge in [0.2, 0.25) is 0 Å². The maximum atomic E-state index is 13.6. The molecule has 41 heavy (non-hydrogen) atoms. The van der Waals surface area contributed by atoms with E-state index >= 15 is 0 Å². The standard InChI is InChI=1S/C31H35N5O4S/c1-5-6-15-29-32-21(3)24(16-17-37)31(38)35(29)19-23-18-34(26-12-8-7-11-25(23)26)27-13-9-10-14-28(27)41-36(39)30-20(2)22(4)40-33-30/h7-14,17-18,30,33,39H,5-6,15-16,19H2,1-4H3. The maximum absolute atomic E-state index is 13.6. The number of carbonyl (C=O) groups is 1. The molecule has 2 aromatic carbocycles. The molecule has 2 N–H and O–H groups in total. The minimum absolute atomic E-state index is 0.0464. The monoisotopic (exact) mass is 573 g/mol. The number of rotatable bonds is 11. The molecule has 4 aromatic rings. The number of aromatic nitrogens is 3. The number of para-hydroxylation sites is 2. The third-order valence-electron chi connectivity index (χ3n) is 7.54. The van der Waals surface area contributed by atoms with Crippen LogP contribution in [0.4, 0.5) is 0 Å². The van der Waals surface area contributed by atoms with Crippen molar-refractivity contribution in [3.63, 3.8) is 0 Å². The van der Waals surface area contributed by atoms with Crippen molar-refractivity contribution in [2.24, 2.45) is 0 Å². The number of nitrogens with one attached hydrogen (secondary N) is 1. The summed E-state index contributed by atoms with van der Waals surface area (Å²) in [5.41, 5.74) is 7.48. The topological polar surface area (TPSA) is 102 Å². The van der Waals surface area contributed by atoms with Crippen LogP contribution < -0.4 is 11.0 Å². The van der Waals surface area contributed by atoms with Crippen LogP contribution >= 0.6 is 11.9 Å². The van der Waals surface area contributed by atoms with Crippen LogP contribution in [0.25, 0.3) is 16.6 Å². The number of fused-ring (bicyclic) bond motifs is 1. The largest absolute Gasteiger partial charge is 0.411 e. The number of hydrogen-bond acceptors (Lipinski definition) is 8. The van der Waals surface area contributed by atoms with Gasteiger partial charge in [-0.1, -0.05) is 43.7 Å². The first-order valence-electron chi connectivity index (χ1n) is 13.8. The fourth-order valence-corrected chi connectivity index (χ4v) is 6.02. The second kappa shape index (κ2) is 12.4. The molecule has 1 aliphatic heterocycles. The van der Waals surface area contributed by atoms with Crippen LogP contribution in [-0.2, 0) is 29.0 Å². The minimum Gasteiger partial charge on any atom is -0.411 e. The van der Waals surface area contributed by atoms with Crippen LogP contribution in [0.5, 0.6) is 0 Å². The molecule has 0 radical (unpaired) electrons. The Morgan fingerprint density at radius 2 is 1.90 bits per heavy atom. The number of hydrogen-bond donors (Lipinski definition) is 2. The summed E-state index contributed by atoms with van der Waals surface area (Å²) >= 11 is 1.21. The second-order valence-corrected chi connectivity index (χ2v) is 11.2. The number of aldehydes is 1. The summed E-state index contributed by atoms with van der Waals surface area (Å²) in [7, 11) is 0. The van der Waals surface area contributed by atoms with Crippen LogP contribution in [0, 0.1) is 6.92 Å². The van der Waals surface area contributed by atoms with Crippen molar-refractivity contribution in [3.05, 3.63) is 99.1 Å². The Kier molecular flexibility index (Phi) is 8.74. The van der Waals surface area contributed by atoms with Gasteiger partial charge in [-0.25, -0.2) is 4.98 Å². The highest BCUT2D eigenvalue weighted by atomic mass is 32.2. The summed E-state index contributed by atoms with van der Waals surface area (Å²) in [6, 6.07) is 15.9. The number of aryl methyl sites for hydroxylation is 2. The Morgan fingerprint density at radius 3 is 2.63 bits per heavy atom. The predicted molar refractivity (Wildman–Crippen MR) is 160 cm³/mol. The molecule has 2 aromatic heterocycles. The Balaban J connectivity index is 1.57. The van der Waals surface area contributed by atoms with Crippen molar-refractivity contribution in [1.29, 1.82) is 0 Å². The van der Waals surface area contributed by atoms with E-state index in [9.17, 15) is 14.8 Å². The van der Waals surface area contributed by atoms with Crippen LogP contribution in [0.1, 0.15) is 56.3 Å². The number of benzene rings is 2. The fraction of sp³-hybridized carbons (Fsp3) is 0.323. The average Bonchev–Trinajstić information content (AvgIpc) is 3.51. The van der Waals surface area contributed by atoms with Crippen LogP contribution in [0.3, 0.4) is 0 Å². The molecule has 9 nitrogen and oxygen atoms in total. The lowest BCUT2D eigenvalue weighted by Gasteiger charge is -2.22. The highest BCUT2D eigenvalue weighted by molar-refractivity contribution is 7.97. The minimum atomic E-state index is -0.479. The van der Waals surface area contributed by atoms with Crippen molar-refractivity contribution >= 4 is 29.1 Å². The van der Waals surface area contributed by atoms with E-state index in [2.05, 4.69) is 23.0 Å². The molecule has 0 amide bonds. The molecule has 0 aliphatic carbocycles. The molecule has 214 valence electrons. The first kappa shape index (κ1) is 28.8. The normalized spacial score (nSPS) is 15.2. The van der Waals surface area contributed by atoms with Gasteiger partial charge in [-0.2, -0.15) is 0 Å². The average molecular weight is 574 g/mol. The van der Waals surface area contributed by atoms with Gasteiger partial charge in [0.25, 0.3) is 5.56 Å². The summed E-state index contributed by atoms with van der Waals surface area (Å²) in [6.45, 7) is 8.02. The van der Waals surface area contributed by atoms with Gasteiger partial charge in [0.15, 0.2) is 6.17 Å². The lowest BCUT2D eigenvalue weighted by atomic mass is 10.1. The lowest BCUT2D eigenvalue weighted by molar-refractivity contribution is -0.107. The predicted octanol–water partition coefficient (Wildman–Crippen LogP) is 5.48. The molecule has 0 fully saturated rings. The van der Waals surface area contributed by atoms with Crippen molar-refractivity contribution in [2.75, 3.05) is 0 Å². The van der Waals surface area contributed by atoms with E-state index in [1.165, 1.54) is 11.9 Å². The molecule has 3 heterocycles. The van der Waals surface area contributed by atoms with Crippen LogP contribution in [-0.4, -0.2) is 36.2 Å². The van der Waals surface area contributed by atoms with E-state index in [4.69, 9.17) is 9.82 Å². The second-order valence-electron chi connectivity index (χ2n) is 10.2. The highest BCUT2D eigenvalue weighted by Crippen LogP contribution is 2.35. The molecule has 0 bridgehead atoms. The van der Waals surface area contributed by atoms with Crippen molar-refractivity contribution < 1.29 is 14.8 Å². The zero-order valence-corrected chi connectivity index (χ0v) is 24.6. The van der Waals surface area contributed by atoms with Gasteiger partial charge in [0.1, 0.15) is 17.9 Å². The summed E-state index contributed by atoms with van der Waals surface area (Å²) in [4.78, 5) is 36.0. The van der Waals surface area contributed by atoms with E-state index < -0.39 is 6.17 Å². The molecule has 0 saturated heterocycles. The van der Waals surface area contributed by atoms with Crippen molar-refractivity contribution in [1.82, 2.24) is 24.1 Å². The number of nitrogens with zero attached hydrogens (tertiary/aromatic N) is 4. The van der Waals surface area contributed by atoms with Gasteiger partial charge in [-0.05, 0) is 62.9 Å². The fourth-order valence-electron chi connectivity index (χ4n) is 5.11. The molecule has 5 rings (SSSR count). The molecule has 10 heteroatoms. The van der Waals surface area contributed by atoms with Crippen molar-refractivity contribution in [2.45, 2.75) is 71.0 Å². The summed E-state index contributed by atoms with van der Waals surface area (Å²) in [5, 5.41) is 12.0. The van der Waals surface area contributed by atoms with E-state index in [1.54, 1.807) is 11.5 Å². The van der Waals surface area contributed by atoms with Gasteiger partial charge < -0.3 is 19.4 Å². The smallest absolute Gasteiger partial charge is 0.257 e. The van der Waals surface area contributed by atoms with Crippen LogP contribution in [0.15, 0.2) is 75.8 Å². The van der Waals surface area contributed by atoms with E-state index in [0.29, 0.717) is 24.2 Å².